The third-order valence-electron chi connectivity index (χ3n) is 6.02. The maximum atomic E-state index is 12.4. The molecule has 0 spiro atoms. The molecule has 1 amide bonds. The van der Waals surface area contributed by atoms with Crippen LogP contribution < -0.4 is 10.1 Å². The molecule has 1 aliphatic carbocycles. The Morgan fingerprint density at radius 2 is 2.10 bits per heavy atom. The van der Waals surface area contributed by atoms with Crippen molar-refractivity contribution in [3.05, 3.63) is 35.7 Å². The lowest BCUT2D eigenvalue weighted by Gasteiger charge is -2.32. The van der Waals surface area contributed by atoms with Gasteiger partial charge >= 0.3 is 0 Å². The van der Waals surface area contributed by atoms with E-state index in [4.69, 9.17) is 4.74 Å². The van der Waals surface area contributed by atoms with Gasteiger partial charge in [-0.15, -0.1) is 5.10 Å². The van der Waals surface area contributed by atoms with E-state index in [1.54, 1.807) is 12.3 Å². The molecule has 1 aromatic heterocycles. The highest BCUT2D eigenvalue weighted by atomic mass is 16.5. The van der Waals surface area contributed by atoms with Gasteiger partial charge in [0.2, 0.25) is 0 Å². The van der Waals surface area contributed by atoms with Crippen LogP contribution >= 0.6 is 0 Å². The first-order chi connectivity index (χ1) is 14.6. The number of piperidine rings is 1. The SMILES string of the molecule is CCOc1cc(CN2CCCC(n3cc(C(=O)NC4CCCC4)nn3)C2)ccc1O. The molecule has 8 heteroatoms. The van der Waals surface area contributed by atoms with E-state index in [0.717, 1.165) is 50.9 Å². The predicted octanol–water partition coefficient (Wildman–Crippen LogP) is 2.89. The van der Waals surface area contributed by atoms with Gasteiger partial charge in [0, 0.05) is 19.1 Å². The van der Waals surface area contributed by atoms with Crippen molar-refractivity contribution in [2.45, 2.75) is 64.1 Å². The first-order valence-corrected chi connectivity index (χ1v) is 11.0. The number of aromatic nitrogens is 3. The molecule has 2 fully saturated rings. The summed E-state index contributed by atoms with van der Waals surface area (Å²) in [6.07, 6.45) is 8.34. The van der Waals surface area contributed by atoms with E-state index in [1.165, 1.54) is 12.8 Å². The van der Waals surface area contributed by atoms with Crippen molar-refractivity contribution in [1.82, 2.24) is 25.2 Å². The Morgan fingerprint density at radius 3 is 2.90 bits per heavy atom. The first-order valence-electron chi connectivity index (χ1n) is 11.0. The molecule has 8 nitrogen and oxygen atoms in total. The van der Waals surface area contributed by atoms with E-state index in [1.807, 2.05) is 23.7 Å². The zero-order valence-electron chi connectivity index (χ0n) is 17.6. The monoisotopic (exact) mass is 413 g/mol. The molecule has 2 aromatic rings. The normalized spacial score (nSPS) is 20.4. The maximum absolute atomic E-state index is 12.4. The van der Waals surface area contributed by atoms with Gasteiger partial charge in [-0.2, -0.15) is 0 Å². The molecule has 1 atom stereocenters. The van der Waals surface area contributed by atoms with Gasteiger partial charge < -0.3 is 15.2 Å². The number of phenols is 1. The van der Waals surface area contributed by atoms with Gasteiger partial charge in [-0.1, -0.05) is 24.1 Å². The number of hydrogen-bond donors (Lipinski definition) is 2. The van der Waals surface area contributed by atoms with Crippen LogP contribution in [0.5, 0.6) is 11.5 Å². The summed E-state index contributed by atoms with van der Waals surface area (Å²) in [5.74, 6) is 0.578. The summed E-state index contributed by atoms with van der Waals surface area (Å²) in [7, 11) is 0. The highest BCUT2D eigenvalue weighted by Gasteiger charge is 2.25. The molecule has 0 bridgehead atoms. The Kier molecular flexibility index (Phi) is 6.52. The number of likely N-dealkylation sites (tertiary alicyclic amines) is 1. The fraction of sp³-hybridized carbons (Fsp3) is 0.591. The molecule has 1 unspecified atom stereocenters. The number of ether oxygens (including phenoxy) is 1. The molecule has 1 saturated heterocycles. The lowest BCUT2D eigenvalue weighted by Crippen LogP contribution is -2.36. The van der Waals surface area contributed by atoms with Crippen molar-refractivity contribution in [3.8, 4) is 11.5 Å². The van der Waals surface area contributed by atoms with E-state index in [-0.39, 0.29) is 23.7 Å². The standard InChI is InChI=1S/C22H31N5O3/c1-2-30-21-12-16(9-10-20(21)28)13-26-11-5-8-18(14-26)27-15-19(24-25-27)22(29)23-17-6-3-4-7-17/h9-10,12,15,17-18,28H,2-8,11,13-14H2,1H3,(H,23,29). The van der Waals surface area contributed by atoms with E-state index in [0.29, 0.717) is 18.1 Å². The lowest BCUT2D eigenvalue weighted by atomic mass is 10.0. The van der Waals surface area contributed by atoms with Crippen molar-refractivity contribution < 1.29 is 14.6 Å². The number of phenolic OH excluding ortho intramolecular Hbond substituents is 1. The molecule has 2 aliphatic rings. The summed E-state index contributed by atoms with van der Waals surface area (Å²) < 4.78 is 7.35. The van der Waals surface area contributed by atoms with E-state index < -0.39 is 0 Å². The van der Waals surface area contributed by atoms with Gasteiger partial charge in [0.1, 0.15) is 0 Å². The third kappa shape index (κ3) is 4.92. The molecular weight excluding hydrogens is 382 g/mol. The summed E-state index contributed by atoms with van der Waals surface area (Å²) in [6.45, 7) is 5.05. The van der Waals surface area contributed by atoms with Gasteiger partial charge in [0.15, 0.2) is 17.2 Å². The minimum atomic E-state index is -0.117. The number of carbonyl (C=O) groups is 1. The zero-order chi connectivity index (χ0) is 20.9. The fourth-order valence-electron chi connectivity index (χ4n) is 4.47. The topological polar surface area (TPSA) is 92.5 Å². The van der Waals surface area contributed by atoms with Crippen LogP contribution in [0.15, 0.2) is 24.4 Å². The van der Waals surface area contributed by atoms with E-state index in [9.17, 15) is 9.90 Å². The number of nitrogens with one attached hydrogen (secondary N) is 1. The average Bonchev–Trinajstić information content (AvgIpc) is 3.43. The number of aromatic hydroxyl groups is 1. The van der Waals surface area contributed by atoms with Crippen molar-refractivity contribution in [3.63, 3.8) is 0 Å². The second-order valence-corrected chi connectivity index (χ2v) is 8.30. The molecule has 162 valence electrons. The smallest absolute Gasteiger partial charge is 0.273 e. The number of rotatable bonds is 7. The zero-order valence-corrected chi connectivity index (χ0v) is 17.6. The lowest BCUT2D eigenvalue weighted by molar-refractivity contribution is 0.0932. The van der Waals surface area contributed by atoms with Gasteiger partial charge in [-0.05, 0) is 56.8 Å². The Morgan fingerprint density at radius 1 is 1.27 bits per heavy atom. The van der Waals surface area contributed by atoms with Crippen LogP contribution in [-0.2, 0) is 6.54 Å². The van der Waals surface area contributed by atoms with E-state index >= 15 is 0 Å². The minimum absolute atomic E-state index is 0.117. The minimum Gasteiger partial charge on any atom is -0.504 e. The van der Waals surface area contributed by atoms with Crippen LogP contribution in [0.25, 0.3) is 0 Å². The van der Waals surface area contributed by atoms with Gasteiger partial charge in [0.05, 0.1) is 18.8 Å². The Balaban J connectivity index is 1.36. The highest BCUT2D eigenvalue weighted by molar-refractivity contribution is 5.92. The van der Waals surface area contributed by atoms with Crippen LogP contribution in [0.4, 0.5) is 0 Å². The third-order valence-corrected chi connectivity index (χ3v) is 6.02. The van der Waals surface area contributed by atoms with Crippen molar-refractivity contribution in [2.24, 2.45) is 0 Å². The molecule has 2 N–H and O–H groups in total. The number of hydrogen-bond acceptors (Lipinski definition) is 6. The second kappa shape index (κ2) is 9.47. The van der Waals surface area contributed by atoms with Crippen LogP contribution in [0.3, 0.4) is 0 Å². The van der Waals surface area contributed by atoms with Gasteiger partial charge in [-0.3, -0.25) is 9.69 Å². The van der Waals surface area contributed by atoms with Crippen molar-refractivity contribution in [1.29, 1.82) is 0 Å². The summed E-state index contributed by atoms with van der Waals surface area (Å²) in [5.41, 5.74) is 1.51. The fourth-order valence-corrected chi connectivity index (χ4v) is 4.47. The number of nitrogens with zero attached hydrogens (tertiary/aromatic N) is 4. The summed E-state index contributed by atoms with van der Waals surface area (Å²) in [4.78, 5) is 14.8. The molecule has 4 rings (SSSR count). The molecule has 1 aliphatic heterocycles. The average molecular weight is 414 g/mol. The molecule has 2 heterocycles. The summed E-state index contributed by atoms with van der Waals surface area (Å²) in [6, 6.07) is 6.00. The quantitative estimate of drug-likeness (QED) is 0.725. The van der Waals surface area contributed by atoms with Crippen LogP contribution in [0.1, 0.15) is 67.5 Å². The summed E-state index contributed by atoms with van der Waals surface area (Å²) >= 11 is 0. The van der Waals surface area contributed by atoms with E-state index in [2.05, 4.69) is 20.5 Å². The van der Waals surface area contributed by atoms with Gasteiger partial charge in [-0.25, -0.2) is 4.68 Å². The maximum Gasteiger partial charge on any atom is 0.273 e. The highest BCUT2D eigenvalue weighted by Crippen LogP contribution is 2.29. The second-order valence-electron chi connectivity index (χ2n) is 8.30. The number of carbonyl (C=O) groups excluding carboxylic acids is 1. The van der Waals surface area contributed by atoms with Crippen LogP contribution in [0.2, 0.25) is 0 Å². The molecule has 1 saturated carbocycles. The van der Waals surface area contributed by atoms with Crippen LogP contribution in [-0.4, -0.2) is 56.6 Å². The molecule has 30 heavy (non-hydrogen) atoms. The van der Waals surface area contributed by atoms with Crippen molar-refractivity contribution in [2.75, 3.05) is 19.7 Å². The van der Waals surface area contributed by atoms with Gasteiger partial charge in [0.25, 0.3) is 5.91 Å². The Hall–Kier alpha value is -2.61. The Bertz CT molecular complexity index is 862. The number of amides is 1. The largest absolute Gasteiger partial charge is 0.504 e. The first kappa shape index (κ1) is 20.7. The molecule has 1 aromatic carbocycles. The molecule has 0 radical (unpaired) electrons. The predicted molar refractivity (Wildman–Crippen MR) is 113 cm³/mol. The van der Waals surface area contributed by atoms with Crippen molar-refractivity contribution >= 4 is 5.91 Å². The Labute approximate surface area is 177 Å². The molecular formula is C22H31N5O3. The summed E-state index contributed by atoms with van der Waals surface area (Å²) in [5, 5.41) is 21.4. The number of benzene rings is 1. The van der Waals surface area contributed by atoms with Crippen LogP contribution in [0, 0.1) is 0 Å².